The molecular weight excluding hydrogens is 550 g/mol. The van der Waals surface area contributed by atoms with Crippen molar-refractivity contribution in [2.75, 3.05) is 0 Å². The monoisotopic (exact) mass is 565 g/mol. The number of hydrazone groups is 1. The smallest absolute Gasteiger partial charge is 0.269 e. The second-order valence-corrected chi connectivity index (χ2v) is 9.20. The van der Waals surface area contributed by atoms with E-state index in [0.29, 0.717) is 27.5 Å². The molecule has 0 N–H and O–H groups in total. The summed E-state index contributed by atoms with van der Waals surface area (Å²) in [5.74, 6) is -0.113. The van der Waals surface area contributed by atoms with Crippen molar-refractivity contribution in [2.24, 2.45) is 5.10 Å². The van der Waals surface area contributed by atoms with Gasteiger partial charge in [-0.25, -0.2) is 4.68 Å². The van der Waals surface area contributed by atoms with E-state index in [1.807, 2.05) is 24.3 Å². The second-order valence-electron chi connectivity index (χ2n) is 7.88. The summed E-state index contributed by atoms with van der Waals surface area (Å²) in [6.45, 7) is 1.40. The van der Waals surface area contributed by atoms with Crippen LogP contribution in [0.25, 0.3) is 16.9 Å². The number of ether oxygens (including phenoxy) is 1. The number of carbonyl (C=O) groups excluding carboxylic acids is 1. The minimum absolute atomic E-state index is 0.0288. The Morgan fingerprint density at radius 1 is 1.08 bits per heavy atom. The number of hydrogen-bond donors (Lipinski definition) is 0. The highest BCUT2D eigenvalue weighted by molar-refractivity contribution is 9.10. The van der Waals surface area contributed by atoms with Gasteiger partial charge in [0.05, 0.1) is 26.8 Å². The Hall–Kier alpha value is -4.02. The lowest BCUT2D eigenvalue weighted by Crippen LogP contribution is -2.25. The zero-order valence-corrected chi connectivity index (χ0v) is 21.0. The van der Waals surface area contributed by atoms with Gasteiger partial charge in [0.2, 0.25) is 18.0 Å². The summed E-state index contributed by atoms with van der Waals surface area (Å²) in [6, 6.07) is 20.6. The van der Waals surface area contributed by atoms with Crippen LogP contribution >= 0.6 is 27.5 Å². The van der Waals surface area contributed by atoms with E-state index in [-0.39, 0.29) is 17.5 Å². The van der Waals surface area contributed by atoms with E-state index >= 15 is 0 Å². The molecule has 1 aromatic heterocycles. The lowest BCUT2D eigenvalue weighted by molar-refractivity contribution is -0.384. The first-order chi connectivity index (χ1) is 17.3. The zero-order valence-electron chi connectivity index (χ0n) is 18.7. The maximum absolute atomic E-state index is 12.6. The third kappa shape index (κ3) is 4.48. The second kappa shape index (κ2) is 9.56. The van der Waals surface area contributed by atoms with Crippen LogP contribution in [-0.4, -0.2) is 31.5 Å². The van der Waals surface area contributed by atoms with Crippen LogP contribution in [0, 0.1) is 10.1 Å². The van der Waals surface area contributed by atoms with E-state index in [1.54, 1.807) is 47.3 Å². The number of non-ortho nitro benzene ring substituents is 1. The van der Waals surface area contributed by atoms with Gasteiger partial charge in [0.15, 0.2) is 0 Å². The summed E-state index contributed by atoms with van der Waals surface area (Å²) in [4.78, 5) is 23.2. The van der Waals surface area contributed by atoms with Gasteiger partial charge in [-0.05, 0) is 36.4 Å². The molecule has 1 aliphatic heterocycles. The average Bonchev–Trinajstić information content (AvgIpc) is 3.50. The topological polar surface area (TPSA) is 103 Å². The average molecular weight is 567 g/mol. The van der Waals surface area contributed by atoms with Crippen LogP contribution in [0.2, 0.25) is 5.02 Å². The predicted molar refractivity (Wildman–Crippen MR) is 138 cm³/mol. The van der Waals surface area contributed by atoms with Gasteiger partial charge in [-0.1, -0.05) is 51.8 Å². The number of nitrogens with zero attached hydrogens (tertiary/aromatic N) is 5. The SMILES string of the molecule is CC(=O)N1N=C(c2ccccc2Cl)OC1c1cn(-c2ccc([N+](=O)[O-])cc2)nc1-c1ccc(Br)cc1. The lowest BCUT2D eigenvalue weighted by atomic mass is 10.1. The van der Waals surface area contributed by atoms with Crippen molar-refractivity contribution in [1.29, 1.82) is 0 Å². The van der Waals surface area contributed by atoms with Gasteiger partial charge in [-0.3, -0.25) is 14.9 Å². The van der Waals surface area contributed by atoms with Gasteiger partial charge in [-0.15, -0.1) is 5.10 Å². The van der Waals surface area contributed by atoms with Crippen LogP contribution in [-0.2, 0) is 9.53 Å². The van der Waals surface area contributed by atoms with Gasteiger partial charge in [0.25, 0.3) is 5.69 Å². The molecule has 0 fully saturated rings. The van der Waals surface area contributed by atoms with E-state index in [0.717, 1.165) is 10.0 Å². The van der Waals surface area contributed by atoms with E-state index in [4.69, 9.17) is 21.4 Å². The number of amides is 1. The Balaban J connectivity index is 1.61. The number of rotatable bonds is 5. The number of carbonyl (C=O) groups is 1. The number of halogens is 2. The normalized spacial score (nSPS) is 14.9. The fourth-order valence-electron chi connectivity index (χ4n) is 3.77. The highest BCUT2D eigenvalue weighted by atomic mass is 79.9. The quantitative estimate of drug-likeness (QED) is 0.214. The van der Waals surface area contributed by atoms with Crippen LogP contribution in [0.1, 0.15) is 24.3 Å². The minimum Gasteiger partial charge on any atom is -0.445 e. The Labute approximate surface area is 218 Å². The van der Waals surface area contributed by atoms with E-state index in [2.05, 4.69) is 21.0 Å². The molecule has 5 rings (SSSR count). The maximum Gasteiger partial charge on any atom is 0.269 e. The predicted octanol–water partition coefficient (Wildman–Crippen LogP) is 6.10. The molecule has 9 nitrogen and oxygen atoms in total. The zero-order chi connectivity index (χ0) is 25.4. The van der Waals surface area contributed by atoms with Crippen molar-refractivity contribution in [3.05, 3.63) is 110 Å². The Morgan fingerprint density at radius 3 is 2.42 bits per heavy atom. The van der Waals surface area contributed by atoms with Gasteiger partial charge in [0.1, 0.15) is 5.69 Å². The molecule has 0 radical (unpaired) electrons. The standard InChI is InChI=1S/C25H17BrClN5O4/c1-15(33)31-25(36-24(29-31)20-4-2-3-5-22(20)27)21-14-30(18-10-12-19(13-11-18)32(34)35)28-23(21)16-6-8-17(26)9-7-16/h2-14,25H,1H3. The third-order valence-electron chi connectivity index (χ3n) is 5.52. The molecule has 0 bridgehead atoms. The molecule has 1 aliphatic rings. The van der Waals surface area contributed by atoms with Gasteiger partial charge in [-0.2, -0.15) is 10.1 Å². The van der Waals surface area contributed by atoms with E-state index in [9.17, 15) is 14.9 Å². The third-order valence-corrected chi connectivity index (χ3v) is 6.38. The molecule has 1 atom stereocenters. The molecule has 1 unspecified atom stereocenters. The molecule has 1 amide bonds. The summed E-state index contributed by atoms with van der Waals surface area (Å²) in [7, 11) is 0. The van der Waals surface area contributed by atoms with Crippen molar-refractivity contribution >= 4 is 45.0 Å². The molecule has 2 heterocycles. The van der Waals surface area contributed by atoms with Crippen LogP contribution in [0.3, 0.4) is 0 Å². The molecule has 0 saturated heterocycles. The first-order valence-corrected chi connectivity index (χ1v) is 11.9. The van der Waals surface area contributed by atoms with Gasteiger partial charge in [0, 0.05) is 35.3 Å². The van der Waals surface area contributed by atoms with Gasteiger partial charge < -0.3 is 4.74 Å². The van der Waals surface area contributed by atoms with Crippen molar-refractivity contribution in [3.63, 3.8) is 0 Å². The molecule has 0 aliphatic carbocycles. The van der Waals surface area contributed by atoms with Crippen molar-refractivity contribution in [3.8, 4) is 16.9 Å². The molecule has 11 heteroatoms. The van der Waals surface area contributed by atoms with Gasteiger partial charge >= 0.3 is 0 Å². The van der Waals surface area contributed by atoms with Crippen LogP contribution < -0.4 is 0 Å². The number of benzene rings is 3. The first-order valence-electron chi connectivity index (χ1n) is 10.7. The molecule has 180 valence electrons. The number of nitro benzene ring substituents is 1. The molecule has 4 aromatic rings. The van der Waals surface area contributed by atoms with Crippen LogP contribution in [0.5, 0.6) is 0 Å². The fourth-order valence-corrected chi connectivity index (χ4v) is 4.25. The number of nitro groups is 1. The first kappa shape index (κ1) is 23.7. The Morgan fingerprint density at radius 2 is 1.78 bits per heavy atom. The molecular formula is C25H17BrClN5O4. The molecule has 0 saturated carbocycles. The molecule has 3 aromatic carbocycles. The highest BCUT2D eigenvalue weighted by Crippen LogP contribution is 2.37. The van der Waals surface area contributed by atoms with Crippen LogP contribution in [0.15, 0.2) is 88.6 Å². The van der Waals surface area contributed by atoms with E-state index < -0.39 is 11.2 Å². The maximum atomic E-state index is 12.6. The number of aromatic nitrogens is 2. The summed E-state index contributed by atoms with van der Waals surface area (Å²) in [6.07, 6.45) is 0.823. The van der Waals surface area contributed by atoms with Crippen molar-refractivity contribution < 1.29 is 14.5 Å². The summed E-state index contributed by atoms with van der Waals surface area (Å²) in [5, 5.41) is 21.9. The highest BCUT2D eigenvalue weighted by Gasteiger charge is 2.37. The summed E-state index contributed by atoms with van der Waals surface area (Å²) < 4.78 is 8.68. The largest absolute Gasteiger partial charge is 0.445 e. The Kier molecular flexibility index (Phi) is 6.29. The molecule has 36 heavy (non-hydrogen) atoms. The fraction of sp³-hybridized carbons (Fsp3) is 0.0800. The lowest BCUT2D eigenvalue weighted by Gasteiger charge is -2.19. The molecule has 0 spiro atoms. The van der Waals surface area contributed by atoms with Crippen LogP contribution in [0.4, 0.5) is 5.69 Å². The minimum atomic E-state index is -0.904. The summed E-state index contributed by atoms with van der Waals surface area (Å²) in [5.41, 5.74) is 3.06. The Bertz CT molecular complexity index is 1500. The number of hydrogen-bond acceptors (Lipinski definition) is 6. The van der Waals surface area contributed by atoms with E-state index in [1.165, 1.54) is 24.1 Å². The van der Waals surface area contributed by atoms with Crippen molar-refractivity contribution in [1.82, 2.24) is 14.8 Å². The van der Waals surface area contributed by atoms with Crippen molar-refractivity contribution in [2.45, 2.75) is 13.2 Å². The summed E-state index contributed by atoms with van der Waals surface area (Å²) >= 11 is 9.80.